The minimum Gasteiger partial charge on any atom is -0.494 e. The van der Waals surface area contributed by atoms with Gasteiger partial charge in [0, 0.05) is 16.6 Å². The van der Waals surface area contributed by atoms with Crippen LogP contribution < -0.4 is 15.2 Å². The van der Waals surface area contributed by atoms with Crippen LogP contribution in [0.15, 0.2) is 57.9 Å². The van der Waals surface area contributed by atoms with E-state index in [4.69, 9.17) is 9.88 Å². The summed E-state index contributed by atoms with van der Waals surface area (Å²) in [5, 5.41) is 7.70. The van der Waals surface area contributed by atoms with E-state index in [9.17, 15) is 13.2 Å². The molecule has 0 unspecified atom stereocenters. The van der Waals surface area contributed by atoms with Gasteiger partial charge in [-0.3, -0.25) is 4.79 Å². The minimum absolute atomic E-state index is 0.0433. The fourth-order valence-electron chi connectivity index (χ4n) is 1.95. The smallest absolute Gasteiger partial charge is 0.238 e. The number of nitrogens with one attached hydrogen (secondary N) is 1. The lowest BCUT2D eigenvalue weighted by Crippen LogP contribution is -2.15. The van der Waals surface area contributed by atoms with Crippen molar-refractivity contribution in [3.8, 4) is 5.75 Å². The Hall–Kier alpha value is -1.90. The second kappa shape index (κ2) is 8.27. The topological polar surface area (TPSA) is 98.5 Å². The Labute approximate surface area is 149 Å². The second-order valence-corrected chi connectivity index (χ2v) is 7.51. The molecule has 128 valence electrons. The first kappa shape index (κ1) is 18.4. The van der Waals surface area contributed by atoms with E-state index >= 15 is 0 Å². The Balaban J connectivity index is 1.79. The summed E-state index contributed by atoms with van der Waals surface area (Å²) in [6.45, 7) is 0.404. The van der Waals surface area contributed by atoms with Crippen LogP contribution in [0.4, 0.5) is 5.69 Å². The Morgan fingerprint density at radius 2 is 1.92 bits per heavy atom. The SMILES string of the molecule is NS(=O)(=O)c1cccc(NC(=O)CCCOc2cccc(Br)c2)c1. The molecule has 1 amide bonds. The first-order valence-corrected chi connectivity index (χ1v) is 9.49. The number of hydrogen-bond donors (Lipinski definition) is 2. The van der Waals surface area contributed by atoms with Crippen molar-refractivity contribution in [2.75, 3.05) is 11.9 Å². The number of amides is 1. The van der Waals surface area contributed by atoms with Gasteiger partial charge in [-0.2, -0.15) is 0 Å². The average molecular weight is 413 g/mol. The van der Waals surface area contributed by atoms with Crippen LogP contribution in [0.3, 0.4) is 0 Å². The molecule has 24 heavy (non-hydrogen) atoms. The number of carbonyl (C=O) groups excluding carboxylic acids is 1. The van der Waals surface area contributed by atoms with Crippen LogP contribution in [0.1, 0.15) is 12.8 Å². The van der Waals surface area contributed by atoms with Crippen molar-refractivity contribution in [3.05, 3.63) is 53.0 Å². The number of ether oxygens (including phenoxy) is 1. The molecule has 2 aromatic rings. The summed E-state index contributed by atoms with van der Waals surface area (Å²) in [4.78, 5) is 11.8. The molecule has 2 rings (SSSR count). The minimum atomic E-state index is -3.79. The van der Waals surface area contributed by atoms with Gasteiger partial charge in [-0.15, -0.1) is 0 Å². The van der Waals surface area contributed by atoms with Crippen molar-refractivity contribution in [2.45, 2.75) is 17.7 Å². The molecule has 2 aromatic carbocycles. The molecule has 0 aliphatic heterocycles. The fraction of sp³-hybridized carbons (Fsp3) is 0.188. The second-order valence-electron chi connectivity index (χ2n) is 5.03. The number of anilines is 1. The maximum absolute atomic E-state index is 11.9. The van der Waals surface area contributed by atoms with Gasteiger partial charge in [0.1, 0.15) is 5.75 Å². The highest BCUT2D eigenvalue weighted by atomic mass is 79.9. The number of benzene rings is 2. The predicted octanol–water partition coefficient (Wildman–Crippen LogP) is 2.89. The van der Waals surface area contributed by atoms with Crippen molar-refractivity contribution < 1.29 is 17.9 Å². The van der Waals surface area contributed by atoms with Crippen LogP contribution in [0, 0.1) is 0 Å². The normalized spacial score (nSPS) is 11.1. The van der Waals surface area contributed by atoms with Gasteiger partial charge in [-0.1, -0.05) is 28.1 Å². The quantitative estimate of drug-likeness (QED) is 0.682. The van der Waals surface area contributed by atoms with Gasteiger partial charge in [-0.05, 0) is 42.8 Å². The molecule has 0 aliphatic carbocycles. The molecule has 0 radical (unpaired) electrons. The van der Waals surface area contributed by atoms with Crippen LogP contribution in [0.5, 0.6) is 5.75 Å². The summed E-state index contributed by atoms with van der Waals surface area (Å²) in [7, 11) is -3.79. The van der Waals surface area contributed by atoms with Crippen LogP contribution in [0.25, 0.3) is 0 Å². The largest absolute Gasteiger partial charge is 0.494 e. The molecule has 3 N–H and O–H groups in total. The van der Waals surface area contributed by atoms with Gasteiger partial charge < -0.3 is 10.1 Å². The van der Waals surface area contributed by atoms with Crippen LogP contribution >= 0.6 is 15.9 Å². The van der Waals surface area contributed by atoms with E-state index in [1.807, 2.05) is 24.3 Å². The highest BCUT2D eigenvalue weighted by molar-refractivity contribution is 9.10. The lowest BCUT2D eigenvalue weighted by atomic mass is 10.2. The molecule has 0 saturated carbocycles. The van der Waals surface area contributed by atoms with Crippen molar-refractivity contribution in [3.63, 3.8) is 0 Å². The van der Waals surface area contributed by atoms with Crippen molar-refractivity contribution >= 4 is 37.5 Å². The van der Waals surface area contributed by atoms with E-state index in [1.165, 1.54) is 18.2 Å². The van der Waals surface area contributed by atoms with E-state index in [0.29, 0.717) is 18.7 Å². The summed E-state index contributed by atoms with van der Waals surface area (Å²) < 4.78 is 29.0. The summed E-state index contributed by atoms with van der Waals surface area (Å²) in [5.74, 6) is 0.505. The van der Waals surface area contributed by atoms with E-state index in [-0.39, 0.29) is 17.2 Å². The lowest BCUT2D eigenvalue weighted by Gasteiger charge is -2.08. The molecule has 8 heteroatoms. The first-order chi connectivity index (χ1) is 11.3. The van der Waals surface area contributed by atoms with E-state index in [1.54, 1.807) is 6.07 Å². The molecule has 6 nitrogen and oxygen atoms in total. The van der Waals surface area contributed by atoms with Gasteiger partial charge in [0.15, 0.2) is 0 Å². The summed E-state index contributed by atoms with van der Waals surface area (Å²) in [6.07, 6.45) is 0.792. The maximum Gasteiger partial charge on any atom is 0.238 e. The third-order valence-corrected chi connectivity index (χ3v) is 4.46. The van der Waals surface area contributed by atoms with Crippen LogP contribution in [-0.4, -0.2) is 20.9 Å². The standard InChI is InChI=1S/C16H17BrN2O4S/c17-12-4-1-6-14(10-12)23-9-3-8-16(20)19-13-5-2-7-15(11-13)24(18,21)22/h1-2,4-7,10-11H,3,8-9H2,(H,19,20)(H2,18,21,22). The van der Waals surface area contributed by atoms with Crippen molar-refractivity contribution in [2.24, 2.45) is 5.14 Å². The van der Waals surface area contributed by atoms with Gasteiger partial charge in [-0.25, -0.2) is 13.6 Å². The van der Waals surface area contributed by atoms with E-state index in [0.717, 1.165) is 10.2 Å². The number of halogens is 1. The van der Waals surface area contributed by atoms with Gasteiger partial charge in [0.05, 0.1) is 11.5 Å². The van der Waals surface area contributed by atoms with E-state index < -0.39 is 10.0 Å². The number of hydrogen-bond acceptors (Lipinski definition) is 4. The Morgan fingerprint density at radius 1 is 1.17 bits per heavy atom. The Morgan fingerprint density at radius 3 is 2.62 bits per heavy atom. The predicted molar refractivity (Wildman–Crippen MR) is 95.3 cm³/mol. The Kier molecular flexibility index (Phi) is 6.36. The third kappa shape index (κ3) is 5.95. The Bertz CT molecular complexity index is 824. The molecule has 0 aliphatic rings. The van der Waals surface area contributed by atoms with Gasteiger partial charge in [0.25, 0.3) is 0 Å². The fourth-order valence-corrected chi connectivity index (χ4v) is 2.89. The molecule has 0 fully saturated rings. The molecule has 0 spiro atoms. The number of nitrogens with two attached hydrogens (primary N) is 1. The van der Waals surface area contributed by atoms with Crippen molar-refractivity contribution in [1.29, 1.82) is 0 Å². The third-order valence-electron chi connectivity index (χ3n) is 3.06. The van der Waals surface area contributed by atoms with Crippen LogP contribution in [-0.2, 0) is 14.8 Å². The number of sulfonamides is 1. The summed E-state index contributed by atoms with van der Waals surface area (Å²) >= 11 is 3.36. The number of rotatable bonds is 7. The monoisotopic (exact) mass is 412 g/mol. The zero-order valence-corrected chi connectivity index (χ0v) is 15.1. The van der Waals surface area contributed by atoms with Crippen LogP contribution in [0.2, 0.25) is 0 Å². The summed E-state index contributed by atoms with van der Waals surface area (Å²) in [5.41, 5.74) is 0.388. The van der Waals surface area contributed by atoms with Gasteiger partial charge in [0.2, 0.25) is 15.9 Å². The first-order valence-electron chi connectivity index (χ1n) is 7.16. The zero-order valence-electron chi connectivity index (χ0n) is 12.7. The highest BCUT2D eigenvalue weighted by Gasteiger charge is 2.09. The van der Waals surface area contributed by atoms with E-state index in [2.05, 4.69) is 21.2 Å². The molecule has 0 aromatic heterocycles. The van der Waals surface area contributed by atoms with Gasteiger partial charge >= 0.3 is 0 Å². The maximum atomic E-state index is 11.9. The lowest BCUT2D eigenvalue weighted by molar-refractivity contribution is -0.116. The molecule has 0 heterocycles. The molecular weight excluding hydrogens is 396 g/mol. The molecule has 0 atom stereocenters. The average Bonchev–Trinajstić information content (AvgIpc) is 2.51. The molecular formula is C16H17BrN2O4S. The number of primary sulfonamides is 1. The number of carbonyl (C=O) groups is 1. The summed E-state index contributed by atoms with van der Waals surface area (Å²) in [6, 6.07) is 13.3. The van der Waals surface area contributed by atoms with Crippen molar-refractivity contribution in [1.82, 2.24) is 0 Å². The molecule has 0 bridgehead atoms. The zero-order chi connectivity index (χ0) is 17.6. The molecule has 0 saturated heterocycles. The highest BCUT2D eigenvalue weighted by Crippen LogP contribution is 2.18.